The maximum atomic E-state index is 4.86. The molecule has 7 nitrogen and oxygen atoms in total. The lowest BCUT2D eigenvalue weighted by molar-refractivity contribution is 0.211. The second-order valence-corrected chi connectivity index (χ2v) is 9.42. The summed E-state index contributed by atoms with van der Waals surface area (Å²) in [6, 6.07) is 19.3. The number of fused-ring (bicyclic) bond motifs is 2. The van der Waals surface area contributed by atoms with E-state index in [1.165, 1.54) is 5.56 Å². The fourth-order valence-electron chi connectivity index (χ4n) is 4.43. The van der Waals surface area contributed by atoms with Gasteiger partial charge in [0, 0.05) is 36.7 Å². The first kappa shape index (κ1) is 20.1. The van der Waals surface area contributed by atoms with Crippen LogP contribution in [0.4, 0.5) is 17.5 Å². The van der Waals surface area contributed by atoms with Crippen molar-refractivity contribution in [1.82, 2.24) is 25.1 Å². The third-order valence-corrected chi connectivity index (χ3v) is 7.09. The van der Waals surface area contributed by atoms with Gasteiger partial charge in [0.2, 0.25) is 5.95 Å². The fraction of sp³-hybridized carbons (Fsp3) is 0.240. The Morgan fingerprint density at radius 1 is 1.03 bits per heavy atom. The normalized spacial score (nSPS) is 15.3. The molecule has 1 saturated heterocycles. The Labute approximate surface area is 195 Å². The van der Waals surface area contributed by atoms with Gasteiger partial charge >= 0.3 is 0 Å². The van der Waals surface area contributed by atoms with E-state index >= 15 is 0 Å². The Kier molecular flexibility index (Phi) is 5.37. The molecule has 0 radical (unpaired) electrons. The van der Waals surface area contributed by atoms with Crippen LogP contribution in [-0.2, 0) is 6.54 Å². The lowest BCUT2D eigenvalue weighted by Gasteiger charge is -2.32. The number of piperidine rings is 1. The van der Waals surface area contributed by atoms with Gasteiger partial charge in [-0.15, -0.1) is 11.3 Å². The predicted molar refractivity (Wildman–Crippen MR) is 135 cm³/mol. The summed E-state index contributed by atoms with van der Waals surface area (Å²) in [5, 5.41) is 17.3. The molecule has 1 aliphatic rings. The summed E-state index contributed by atoms with van der Waals surface area (Å²) < 4.78 is 1.06. The Morgan fingerprint density at radius 3 is 2.79 bits per heavy atom. The molecular formula is C25H25N7S. The van der Waals surface area contributed by atoms with Crippen LogP contribution in [0, 0.1) is 0 Å². The monoisotopic (exact) mass is 455 g/mol. The highest BCUT2D eigenvalue weighted by Crippen LogP contribution is 2.31. The molecule has 4 heterocycles. The van der Waals surface area contributed by atoms with Gasteiger partial charge in [-0.3, -0.25) is 10.00 Å². The van der Waals surface area contributed by atoms with Crippen molar-refractivity contribution in [2.45, 2.75) is 25.4 Å². The number of H-pyrrole nitrogens is 1. The SMILES string of the molecule is c1ccc(CN2CCC(Nc3nc(Nc4ccc5[nH]ncc5c4)c4sccc4n3)CC2)cc1. The zero-order valence-corrected chi connectivity index (χ0v) is 19.0. The van der Waals surface area contributed by atoms with Crippen molar-refractivity contribution < 1.29 is 0 Å². The number of rotatable bonds is 6. The average Bonchev–Trinajstić information content (AvgIpc) is 3.50. The van der Waals surface area contributed by atoms with Gasteiger partial charge < -0.3 is 10.6 Å². The number of anilines is 3. The second kappa shape index (κ2) is 8.80. The van der Waals surface area contributed by atoms with Gasteiger partial charge in [0.25, 0.3) is 0 Å². The molecule has 33 heavy (non-hydrogen) atoms. The molecule has 3 N–H and O–H groups in total. The van der Waals surface area contributed by atoms with Crippen molar-refractivity contribution in [2.75, 3.05) is 23.7 Å². The van der Waals surface area contributed by atoms with Crippen LogP contribution in [0.15, 0.2) is 66.2 Å². The van der Waals surface area contributed by atoms with Crippen LogP contribution in [0.2, 0.25) is 0 Å². The number of benzene rings is 2. The first-order valence-corrected chi connectivity index (χ1v) is 12.2. The highest BCUT2D eigenvalue weighted by molar-refractivity contribution is 7.17. The Balaban J connectivity index is 1.16. The van der Waals surface area contributed by atoms with Crippen molar-refractivity contribution in [1.29, 1.82) is 0 Å². The maximum Gasteiger partial charge on any atom is 0.225 e. The van der Waals surface area contributed by atoms with Crippen LogP contribution >= 0.6 is 11.3 Å². The number of thiophene rings is 1. The summed E-state index contributed by atoms with van der Waals surface area (Å²) in [4.78, 5) is 12.2. The molecule has 0 atom stereocenters. The van der Waals surface area contributed by atoms with Crippen LogP contribution in [0.1, 0.15) is 18.4 Å². The topological polar surface area (TPSA) is 81.8 Å². The van der Waals surface area contributed by atoms with Crippen molar-refractivity contribution in [3.63, 3.8) is 0 Å². The predicted octanol–water partition coefficient (Wildman–Crippen LogP) is 5.39. The lowest BCUT2D eigenvalue weighted by atomic mass is 10.0. The summed E-state index contributed by atoms with van der Waals surface area (Å²) in [5.41, 5.74) is 4.34. The second-order valence-electron chi connectivity index (χ2n) is 8.51. The van der Waals surface area contributed by atoms with Gasteiger partial charge in [-0.05, 0) is 48.1 Å². The Bertz CT molecular complexity index is 1370. The molecule has 0 aliphatic carbocycles. The van der Waals surface area contributed by atoms with Crippen molar-refractivity contribution >= 4 is 49.9 Å². The molecule has 5 aromatic rings. The highest BCUT2D eigenvalue weighted by Gasteiger charge is 2.20. The van der Waals surface area contributed by atoms with E-state index < -0.39 is 0 Å². The van der Waals surface area contributed by atoms with Crippen LogP contribution in [-0.4, -0.2) is 44.2 Å². The number of hydrogen-bond acceptors (Lipinski definition) is 7. The number of nitrogens with zero attached hydrogens (tertiary/aromatic N) is 4. The van der Waals surface area contributed by atoms with E-state index in [0.717, 1.165) is 65.1 Å². The van der Waals surface area contributed by atoms with E-state index in [4.69, 9.17) is 9.97 Å². The van der Waals surface area contributed by atoms with Crippen molar-refractivity contribution in [3.8, 4) is 0 Å². The fourth-order valence-corrected chi connectivity index (χ4v) is 5.21. The molecule has 0 unspecified atom stereocenters. The average molecular weight is 456 g/mol. The summed E-state index contributed by atoms with van der Waals surface area (Å²) in [6.07, 6.45) is 3.99. The van der Waals surface area contributed by atoms with Gasteiger partial charge in [0.15, 0.2) is 5.82 Å². The van der Waals surface area contributed by atoms with Crippen LogP contribution in [0.3, 0.4) is 0 Å². The maximum absolute atomic E-state index is 4.86. The molecule has 166 valence electrons. The van der Waals surface area contributed by atoms with Crippen LogP contribution in [0.25, 0.3) is 21.1 Å². The summed E-state index contributed by atoms with van der Waals surface area (Å²) in [7, 11) is 0. The van der Waals surface area contributed by atoms with E-state index in [0.29, 0.717) is 12.0 Å². The molecule has 0 spiro atoms. The minimum Gasteiger partial charge on any atom is -0.351 e. The van der Waals surface area contributed by atoms with E-state index in [2.05, 4.69) is 73.6 Å². The number of aromatic nitrogens is 4. The smallest absolute Gasteiger partial charge is 0.225 e. The zero-order chi connectivity index (χ0) is 22.0. The molecule has 0 saturated carbocycles. The molecule has 0 bridgehead atoms. The molecule has 1 fully saturated rings. The number of likely N-dealkylation sites (tertiary alicyclic amines) is 1. The molecule has 2 aromatic carbocycles. The minimum atomic E-state index is 0.378. The number of aromatic amines is 1. The first-order valence-electron chi connectivity index (χ1n) is 11.3. The van der Waals surface area contributed by atoms with Gasteiger partial charge in [-0.1, -0.05) is 30.3 Å². The van der Waals surface area contributed by atoms with Crippen molar-refractivity contribution in [2.24, 2.45) is 0 Å². The van der Waals surface area contributed by atoms with E-state index in [1.54, 1.807) is 11.3 Å². The van der Waals surface area contributed by atoms with E-state index in [-0.39, 0.29) is 0 Å². The highest BCUT2D eigenvalue weighted by atomic mass is 32.1. The molecule has 3 aromatic heterocycles. The van der Waals surface area contributed by atoms with Gasteiger partial charge in [-0.2, -0.15) is 10.1 Å². The molecular weight excluding hydrogens is 430 g/mol. The van der Waals surface area contributed by atoms with E-state index in [1.807, 2.05) is 18.3 Å². The summed E-state index contributed by atoms with van der Waals surface area (Å²) >= 11 is 1.65. The van der Waals surface area contributed by atoms with Crippen molar-refractivity contribution in [3.05, 3.63) is 71.7 Å². The van der Waals surface area contributed by atoms with E-state index in [9.17, 15) is 0 Å². The largest absolute Gasteiger partial charge is 0.351 e. The quantitative estimate of drug-likeness (QED) is 0.319. The van der Waals surface area contributed by atoms with Gasteiger partial charge in [-0.25, -0.2) is 4.98 Å². The Hall–Kier alpha value is -3.49. The van der Waals surface area contributed by atoms with Crippen LogP contribution in [0.5, 0.6) is 0 Å². The Morgan fingerprint density at radius 2 is 1.91 bits per heavy atom. The van der Waals surface area contributed by atoms with Gasteiger partial charge in [0.1, 0.15) is 0 Å². The standard InChI is InChI=1S/C25H25N7S/c1-2-4-17(5-3-1)16-32-11-8-19(9-12-32)28-25-29-22-10-13-33-23(22)24(30-25)27-20-6-7-21-18(14-20)15-26-31-21/h1-7,10,13-15,19H,8-9,11-12,16H2,(H,26,31)(H2,27,28,29,30). The number of hydrogen-bond donors (Lipinski definition) is 3. The minimum absolute atomic E-state index is 0.378. The number of nitrogens with one attached hydrogen (secondary N) is 3. The molecule has 0 amide bonds. The third-order valence-electron chi connectivity index (χ3n) is 6.18. The molecule has 6 rings (SSSR count). The molecule has 8 heteroatoms. The zero-order valence-electron chi connectivity index (χ0n) is 18.2. The first-order chi connectivity index (χ1) is 16.3. The summed E-state index contributed by atoms with van der Waals surface area (Å²) in [6.45, 7) is 3.16. The molecule has 1 aliphatic heterocycles. The van der Waals surface area contributed by atoms with Gasteiger partial charge in [0.05, 0.1) is 21.9 Å². The summed E-state index contributed by atoms with van der Waals surface area (Å²) in [5.74, 6) is 1.52. The van der Waals surface area contributed by atoms with Crippen LogP contribution < -0.4 is 10.6 Å². The third kappa shape index (κ3) is 4.40. The lowest BCUT2D eigenvalue weighted by Crippen LogP contribution is -2.39.